The summed E-state index contributed by atoms with van der Waals surface area (Å²) in [5.41, 5.74) is 14.1. The molecule has 1 aromatic carbocycles. The lowest BCUT2D eigenvalue weighted by atomic mass is 10.0. The fraction of sp³-hybridized carbons (Fsp3) is 0.182. The number of benzene rings is 1. The minimum atomic E-state index is -0.724. The average Bonchev–Trinajstić information content (AvgIpc) is 2.72. The van der Waals surface area contributed by atoms with Gasteiger partial charge < -0.3 is 16.0 Å². The fourth-order valence-corrected chi connectivity index (χ4v) is 1.54. The summed E-state index contributed by atoms with van der Waals surface area (Å²) in [4.78, 5) is 14.8. The molecule has 0 radical (unpaired) electrons. The zero-order chi connectivity index (χ0) is 12.6. The van der Waals surface area contributed by atoms with Gasteiger partial charge in [-0.2, -0.15) is 4.98 Å². The van der Waals surface area contributed by atoms with E-state index in [1.165, 1.54) is 0 Å². The number of rotatable bonds is 2. The summed E-state index contributed by atoms with van der Waals surface area (Å²) in [6.45, 7) is 3.85. The van der Waals surface area contributed by atoms with Crippen LogP contribution in [0.5, 0.6) is 0 Å². The van der Waals surface area contributed by atoms with Crippen LogP contribution in [-0.4, -0.2) is 16.0 Å². The van der Waals surface area contributed by atoms with Crippen molar-refractivity contribution in [1.82, 2.24) is 10.1 Å². The molecule has 2 aromatic rings. The Hall–Kier alpha value is -2.37. The molecule has 1 aromatic heterocycles. The van der Waals surface area contributed by atoms with Crippen LogP contribution < -0.4 is 11.5 Å². The molecule has 0 bridgehead atoms. The highest BCUT2D eigenvalue weighted by atomic mass is 16.5. The van der Waals surface area contributed by atoms with Crippen LogP contribution in [0.15, 0.2) is 16.7 Å². The van der Waals surface area contributed by atoms with Crippen LogP contribution in [0.3, 0.4) is 0 Å². The van der Waals surface area contributed by atoms with E-state index < -0.39 is 5.91 Å². The molecule has 0 atom stereocenters. The SMILES string of the molecule is Cc1cc(N)cc(-c2nc(C(N)=O)no2)c1C. The fourth-order valence-electron chi connectivity index (χ4n) is 1.54. The maximum atomic E-state index is 10.9. The molecule has 6 heteroatoms. The third-order valence-corrected chi connectivity index (χ3v) is 2.57. The first-order valence-corrected chi connectivity index (χ1v) is 4.99. The molecular formula is C11H12N4O2. The summed E-state index contributed by atoms with van der Waals surface area (Å²) in [5, 5.41) is 3.49. The van der Waals surface area contributed by atoms with Crippen LogP contribution in [0.25, 0.3) is 11.5 Å². The number of hydrogen-bond donors (Lipinski definition) is 2. The van der Waals surface area contributed by atoms with Crippen molar-refractivity contribution in [2.24, 2.45) is 5.73 Å². The quantitative estimate of drug-likeness (QED) is 0.752. The molecule has 88 valence electrons. The number of primary amides is 1. The number of anilines is 1. The number of aryl methyl sites for hydroxylation is 1. The number of amides is 1. The smallest absolute Gasteiger partial charge is 0.290 e. The van der Waals surface area contributed by atoms with Crippen molar-refractivity contribution in [3.05, 3.63) is 29.1 Å². The maximum absolute atomic E-state index is 10.9. The van der Waals surface area contributed by atoms with Gasteiger partial charge in [0.1, 0.15) is 0 Å². The first-order chi connectivity index (χ1) is 7.99. The Morgan fingerprint density at radius 1 is 1.35 bits per heavy atom. The number of hydrogen-bond acceptors (Lipinski definition) is 5. The lowest BCUT2D eigenvalue weighted by Crippen LogP contribution is -2.12. The second-order valence-electron chi connectivity index (χ2n) is 3.80. The molecule has 1 heterocycles. The summed E-state index contributed by atoms with van der Waals surface area (Å²) in [6, 6.07) is 3.57. The predicted molar refractivity (Wildman–Crippen MR) is 62.1 cm³/mol. The minimum Gasteiger partial charge on any atom is -0.399 e. The van der Waals surface area contributed by atoms with Crippen LogP contribution in [0.2, 0.25) is 0 Å². The zero-order valence-electron chi connectivity index (χ0n) is 9.52. The average molecular weight is 232 g/mol. The van der Waals surface area contributed by atoms with Gasteiger partial charge in [0.2, 0.25) is 0 Å². The number of nitrogens with zero attached hydrogens (tertiary/aromatic N) is 2. The van der Waals surface area contributed by atoms with Crippen molar-refractivity contribution in [2.45, 2.75) is 13.8 Å². The first-order valence-electron chi connectivity index (χ1n) is 4.99. The second kappa shape index (κ2) is 3.89. The molecule has 0 spiro atoms. The van der Waals surface area contributed by atoms with E-state index in [-0.39, 0.29) is 11.7 Å². The number of carbonyl (C=O) groups is 1. The van der Waals surface area contributed by atoms with Gasteiger partial charge in [0.15, 0.2) is 0 Å². The first kappa shape index (κ1) is 11.1. The summed E-state index contributed by atoms with van der Waals surface area (Å²) >= 11 is 0. The topological polar surface area (TPSA) is 108 Å². The van der Waals surface area contributed by atoms with Crippen LogP contribution in [0.4, 0.5) is 5.69 Å². The van der Waals surface area contributed by atoms with Crippen molar-refractivity contribution in [3.63, 3.8) is 0 Å². The van der Waals surface area contributed by atoms with E-state index in [0.29, 0.717) is 11.3 Å². The highest BCUT2D eigenvalue weighted by Crippen LogP contribution is 2.26. The molecule has 0 aliphatic rings. The van der Waals surface area contributed by atoms with E-state index in [9.17, 15) is 4.79 Å². The lowest BCUT2D eigenvalue weighted by Gasteiger charge is -2.06. The van der Waals surface area contributed by atoms with Gasteiger partial charge in [0, 0.05) is 11.3 Å². The van der Waals surface area contributed by atoms with Gasteiger partial charge >= 0.3 is 0 Å². The maximum Gasteiger partial charge on any atom is 0.290 e. The molecule has 0 aliphatic heterocycles. The number of nitrogens with two attached hydrogens (primary N) is 2. The van der Waals surface area contributed by atoms with Crippen LogP contribution >= 0.6 is 0 Å². The van der Waals surface area contributed by atoms with Crippen LogP contribution in [-0.2, 0) is 0 Å². The van der Waals surface area contributed by atoms with Crippen molar-refractivity contribution < 1.29 is 9.32 Å². The van der Waals surface area contributed by atoms with E-state index in [1.54, 1.807) is 6.07 Å². The lowest BCUT2D eigenvalue weighted by molar-refractivity contribution is 0.0987. The van der Waals surface area contributed by atoms with Gasteiger partial charge in [0.25, 0.3) is 17.6 Å². The molecule has 0 saturated carbocycles. The molecule has 0 fully saturated rings. The minimum absolute atomic E-state index is 0.139. The van der Waals surface area contributed by atoms with E-state index in [1.807, 2.05) is 19.9 Å². The second-order valence-corrected chi connectivity index (χ2v) is 3.80. The molecule has 0 aliphatic carbocycles. The third kappa shape index (κ3) is 1.96. The van der Waals surface area contributed by atoms with Gasteiger partial charge in [-0.15, -0.1) is 0 Å². The molecule has 6 nitrogen and oxygen atoms in total. The standard InChI is InChI=1S/C11H12N4O2/c1-5-3-7(12)4-8(6(5)2)11-14-10(9(13)16)15-17-11/h3-4H,12H2,1-2H3,(H2,13,16). The summed E-state index contributed by atoms with van der Waals surface area (Å²) in [7, 11) is 0. The summed E-state index contributed by atoms with van der Waals surface area (Å²) in [6.07, 6.45) is 0. The molecule has 17 heavy (non-hydrogen) atoms. The van der Waals surface area contributed by atoms with E-state index in [0.717, 1.165) is 11.1 Å². The Bertz CT molecular complexity index is 589. The van der Waals surface area contributed by atoms with E-state index >= 15 is 0 Å². The van der Waals surface area contributed by atoms with Crippen molar-refractivity contribution in [3.8, 4) is 11.5 Å². The molecule has 4 N–H and O–H groups in total. The highest BCUT2D eigenvalue weighted by molar-refractivity contribution is 5.89. The van der Waals surface area contributed by atoms with Crippen LogP contribution in [0.1, 0.15) is 21.7 Å². The van der Waals surface area contributed by atoms with Gasteiger partial charge in [-0.3, -0.25) is 4.79 Å². The number of carbonyl (C=O) groups excluding carboxylic acids is 1. The van der Waals surface area contributed by atoms with Gasteiger partial charge in [-0.05, 0) is 37.1 Å². The Kier molecular flexibility index (Phi) is 2.55. The van der Waals surface area contributed by atoms with Gasteiger partial charge in [-0.25, -0.2) is 0 Å². The van der Waals surface area contributed by atoms with Gasteiger partial charge in [0.05, 0.1) is 0 Å². The Balaban J connectivity index is 2.56. The molecule has 1 amide bonds. The van der Waals surface area contributed by atoms with Crippen LogP contribution in [0, 0.1) is 13.8 Å². The molecule has 0 unspecified atom stereocenters. The van der Waals surface area contributed by atoms with Crippen molar-refractivity contribution in [2.75, 3.05) is 5.73 Å². The largest absolute Gasteiger partial charge is 0.399 e. The highest BCUT2D eigenvalue weighted by Gasteiger charge is 2.15. The van der Waals surface area contributed by atoms with E-state index in [2.05, 4.69) is 10.1 Å². The Morgan fingerprint density at radius 2 is 2.06 bits per heavy atom. The monoisotopic (exact) mass is 232 g/mol. The summed E-state index contributed by atoms with van der Waals surface area (Å²) < 4.78 is 4.99. The van der Waals surface area contributed by atoms with E-state index in [4.69, 9.17) is 16.0 Å². The Labute approximate surface area is 97.6 Å². The molecular weight excluding hydrogens is 220 g/mol. The normalized spacial score (nSPS) is 10.5. The Morgan fingerprint density at radius 3 is 2.65 bits per heavy atom. The van der Waals surface area contributed by atoms with Crippen molar-refractivity contribution in [1.29, 1.82) is 0 Å². The summed E-state index contributed by atoms with van der Waals surface area (Å²) in [5.74, 6) is -0.621. The van der Waals surface area contributed by atoms with Crippen molar-refractivity contribution >= 4 is 11.6 Å². The third-order valence-electron chi connectivity index (χ3n) is 2.57. The predicted octanol–water partition coefficient (Wildman–Crippen LogP) is 1.03. The zero-order valence-corrected chi connectivity index (χ0v) is 9.52. The van der Waals surface area contributed by atoms with Gasteiger partial charge in [-0.1, -0.05) is 5.16 Å². The number of aromatic nitrogens is 2. The molecule has 2 rings (SSSR count). The number of nitrogen functional groups attached to an aromatic ring is 1. The molecule has 0 saturated heterocycles.